The molecule has 0 aromatic heterocycles. The van der Waals surface area contributed by atoms with Crippen LogP contribution in [0.15, 0.2) is 30.3 Å². The molecule has 2 unspecified atom stereocenters. The predicted octanol–water partition coefficient (Wildman–Crippen LogP) is 2.34. The lowest BCUT2D eigenvalue weighted by molar-refractivity contribution is -0.139. The van der Waals surface area contributed by atoms with Crippen LogP contribution in [0.5, 0.6) is 0 Å². The van der Waals surface area contributed by atoms with Crippen LogP contribution in [0.4, 0.5) is 0 Å². The highest BCUT2D eigenvalue weighted by Crippen LogP contribution is 2.28. The summed E-state index contributed by atoms with van der Waals surface area (Å²) in [5.74, 6) is -0.309. The first-order valence-corrected chi connectivity index (χ1v) is 7.36. The van der Waals surface area contributed by atoms with E-state index in [2.05, 4.69) is 5.32 Å². The van der Waals surface area contributed by atoms with Gasteiger partial charge in [0.1, 0.15) is 6.04 Å². The van der Waals surface area contributed by atoms with Gasteiger partial charge in [0.2, 0.25) is 0 Å². The van der Waals surface area contributed by atoms with E-state index in [0.29, 0.717) is 18.0 Å². The van der Waals surface area contributed by atoms with Crippen LogP contribution in [-0.2, 0) is 4.79 Å². The predicted molar refractivity (Wildman–Crippen MR) is 77.4 cm³/mol. The molecule has 0 amide bonds. The van der Waals surface area contributed by atoms with Crippen LogP contribution in [0.1, 0.15) is 43.7 Å². The zero-order chi connectivity index (χ0) is 14.4. The van der Waals surface area contributed by atoms with Crippen molar-refractivity contribution in [2.24, 2.45) is 5.92 Å². The van der Waals surface area contributed by atoms with E-state index < -0.39 is 18.1 Å². The maximum Gasteiger partial charge on any atom is 0.325 e. The van der Waals surface area contributed by atoms with E-state index in [4.69, 9.17) is 0 Å². The molecule has 1 fully saturated rings. The number of benzene rings is 1. The van der Waals surface area contributed by atoms with Crippen molar-refractivity contribution < 1.29 is 15.0 Å². The van der Waals surface area contributed by atoms with Gasteiger partial charge in [0.05, 0.1) is 6.10 Å². The molecule has 3 N–H and O–H groups in total. The normalized spacial score (nSPS) is 18.9. The van der Waals surface area contributed by atoms with Crippen molar-refractivity contribution in [3.63, 3.8) is 0 Å². The average Bonchev–Trinajstić information content (AvgIpc) is 2.92. The summed E-state index contributed by atoms with van der Waals surface area (Å²) < 4.78 is 0. The van der Waals surface area contributed by atoms with E-state index in [1.165, 1.54) is 25.7 Å². The summed E-state index contributed by atoms with van der Waals surface area (Å²) in [5, 5.41) is 22.3. The second-order valence-corrected chi connectivity index (χ2v) is 5.63. The van der Waals surface area contributed by atoms with Crippen molar-refractivity contribution >= 4 is 5.97 Å². The van der Waals surface area contributed by atoms with Crippen LogP contribution in [0.3, 0.4) is 0 Å². The van der Waals surface area contributed by atoms with E-state index in [1.807, 2.05) is 18.2 Å². The van der Waals surface area contributed by atoms with Crippen molar-refractivity contribution in [3.8, 4) is 0 Å². The second-order valence-electron chi connectivity index (χ2n) is 5.63. The number of carboxylic acids is 1. The van der Waals surface area contributed by atoms with Gasteiger partial charge in [0.25, 0.3) is 0 Å². The fraction of sp³-hybridized carbons (Fsp3) is 0.562. The van der Waals surface area contributed by atoms with E-state index in [1.54, 1.807) is 12.1 Å². The molecular weight excluding hydrogens is 254 g/mol. The van der Waals surface area contributed by atoms with Gasteiger partial charge in [-0.25, -0.2) is 0 Å². The van der Waals surface area contributed by atoms with Crippen molar-refractivity contribution in [1.29, 1.82) is 0 Å². The molecular formula is C16H23NO3. The Kier molecular flexibility index (Phi) is 5.56. The Labute approximate surface area is 119 Å². The molecule has 4 nitrogen and oxygen atoms in total. The van der Waals surface area contributed by atoms with Gasteiger partial charge in [-0.05, 0) is 17.9 Å². The van der Waals surface area contributed by atoms with Crippen molar-refractivity contribution in [2.45, 2.75) is 44.2 Å². The summed E-state index contributed by atoms with van der Waals surface area (Å²) in [4.78, 5) is 11.3. The van der Waals surface area contributed by atoms with Crippen LogP contribution in [0.25, 0.3) is 0 Å². The van der Waals surface area contributed by atoms with Crippen molar-refractivity contribution in [1.82, 2.24) is 5.32 Å². The molecule has 1 aromatic carbocycles. The highest BCUT2D eigenvalue weighted by Gasteiger charge is 2.22. The zero-order valence-electron chi connectivity index (χ0n) is 11.7. The van der Waals surface area contributed by atoms with E-state index in [-0.39, 0.29) is 0 Å². The van der Waals surface area contributed by atoms with Crippen LogP contribution in [-0.4, -0.2) is 28.8 Å². The number of carboxylic acid groups (broad SMARTS) is 1. The number of nitrogens with one attached hydrogen (secondary N) is 1. The Balaban J connectivity index is 1.84. The Morgan fingerprint density at radius 1 is 1.25 bits per heavy atom. The van der Waals surface area contributed by atoms with Crippen LogP contribution in [0, 0.1) is 5.92 Å². The molecule has 1 aliphatic rings. The lowest BCUT2D eigenvalue weighted by atomic mass is 9.99. The molecule has 0 aliphatic heterocycles. The molecule has 1 aromatic rings. The SMILES string of the molecule is O=C(O)C(NCC(O)CC1CCCC1)c1ccccc1. The third-order valence-electron chi connectivity index (χ3n) is 4.02. The molecule has 0 bridgehead atoms. The smallest absolute Gasteiger partial charge is 0.325 e. The second kappa shape index (κ2) is 7.41. The van der Waals surface area contributed by atoms with Gasteiger partial charge in [-0.3, -0.25) is 10.1 Å². The van der Waals surface area contributed by atoms with Crippen LogP contribution < -0.4 is 5.32 Å². The summed E-state index contributed by atoms with van der Waals surface area (Å²) in [6, 6.07) is 8.32. The molecule has 2 atom stereocenters. The standard InChI is InChI=1S/C16H23NO3/c18-14(10-12-6-4-5-7-12)11-17-15(16(19)20)13-8-2-1-3-9-13/h1-3,8-9,12,14-15,17-18H,4-7,10-11H2,(H,19,20). The van der Waals surface area contributed by atoms with Gasteiger partial charge < -0.3 is 10.2 Å². The monoisotopic (exact) mass is 277 g/mol. The van der Waals surface area contributed by atoms with Crippen molar-refractivity contribution in [3.05, 3.63) is 35.9 Å². The number of aliphatic carboxylic acids is 1. The highest BCUT2D eigenvalue weighted by molar-refractivity contribution is 5.75. The third kappa shape index (κ3) is 4.32. The van der Waals surface area contributed by atoms with Gasteiger partial charge >= 0.3 is 5.97 Å². The maximum atomic E-state index is 11.3. The topological polar surface area (TPSA) is 69.6 Å². The van der Waals surface area contributed by atoms with Gasteiger partial charge in [0.15, 0.2) is 0 Å². The van der Waals surface area contributed by atoms with Gasteiger partial charge in [-0.2, -0.15) is 0 Å². The lowest BCUT2D eigenvalue weighted by Crippen LogP contribution is -2.35. The number of hydrogen-bond acceptors (Lipinski definition) is 3. The average molecular weight is 277 g/mol. The lowest BCUT2D eigenvalue weighted by Gasteiger charge is -2.19. The minimum atomic E-state index is -0.913. The largest absolute Gasteiger partial charge is 0.480 e. The molecule has 0 saturated heterocycles. The minimum Gasteiger partial charge on any atom is -0.480 e. The van der Waals surface area contributed by atoms with E-state index in [9.17, 15) is 15.0 Å². The molecule has 20 heavy (non-hydrogen) atoms. The maximum absolute atomic E-state index is 11.3. The molecule has 0 heterocycles. The van der Waals surface area contributed by atoms with E-state index >= 15 is 0 Å². The first-order chi connectivity index (χ1) is 9.66. The summed E-state index contributed by atoms with van der Waals surface area (Å²) in [7, 11) is 0. The molecule has 0 radical (unpaired) electrons. The number of aliphatic hydroxyl groups excluding tert-OH is 1. The molecule has 1 aliphatic carbocycles. The van der Waals surface area contributed by atoms with Gasteiger partial charge in [-0.1, -0.05) is 56.0 Å². The zero-order valence-corrected chi connectivity index (χ0v) is 11.7. The molecule has 110 valence electrons. The van der Waals surface area contributed by atoms with Gasteiger partial charge in [-0.15, -0.1) is 0 Å². The Hall–Kier alpha value is -1.39. The summed E-state index contributed by atoms with van der Waals surface area (Å²) in [6.07, 6.45) is 5.20. The fourth-order valence-electron chi connectivity index (χ4n) is 2.96. The third-order valence-corrected chi connectivity index (χ3v) is 4.02. The number of aliphatic hydroxyl groups is 1. The number of rotatable bonds is 7. The molecule has 2 rings (SSSR count). The quantitative estimate of drug-likeness (QED) is 0.715. The first kappa shape index (κ1) is 15.0. The Morgan fingerprint density at radius 3 is 2.50 bits per heavy atom. The highest BCUT2D eigenvalue weighted by atomic mass is 16.4. The van der Waals surface area contributed by atoms with Crippen molar-refractivity contribution in [2.75, 3.05) is 6.54 Å². The van der Waals surface area contributed by atoms with Crippen LogP contribution in [0.2, 0.25) is 0 Å². The summed E-state index contributed by atoms with van der Waals surface area (Å²) >= 11 is 0. The molecule has 4 heteroatoms. The van der Waals surface area contributed by atoms with Crippen LogP contribution >= 0.6 is 0 Å². The summed E-state index contributed by atoms with van der Waals surface area (Å²) in [6.45, 7) is 0.322. The molecule has 0 spiro atoms. The Morgan fingerprint density at radius 2 is 1.90 bits per heavy atom. The number of carbonyl (C=O) groups is 1. The Bertz CT molecular complexity index is 415. The number of hydrogen-bond donors (Lipinski definition) is 3. The fourth-order valence-corrected chi connectivity index (χ4v) is 2.96. The first-order valence-electron chi connectivity index (χ1n) is 7.36. The van der Waals surface area contributed by atoms with E-state index in [0.717, 1.165) is 6.42 Å². The summed E-state index contributed by atoms with van der Waals surface area (Å²) in [5.41, 5.74) is 0.716. The molecule has 1 saturated carbocycles. The van der Waals surface area contributed by atoms with Gasteiger partial charge in [0, 0.05) is 6.54 Å². The minimum absolute atomic E-state index is 0.322.